The topological polar surface area (TPSA) is 125 Å². The summed E-state index contributed by atoms with van der Waals surface area (Å²) in [6.07, 6.45) is 5.44. The maximum Gasteiger partial charge on any atom is 0.474 e. The van der Waals surface area contributed by atoms with Crippen molar-refractivity contribution in [3.05, 3.63) is 67.6 Å². The molecule has 0 saturated heterocycles. The van der Waals surface area contributed by atoms with Crippen LogP contribution in [0.25, 0.3) is 33.3 Å². The number of pyridine rings is 2. The Bertz CT molecular complexity index is 1680. The third-order valence-electron chi connectivity index (χ3n) is 6.34. The minimum absolute atomic E-state index is 0.264. The van der Waals surface area contributed by atoms with E-state index in [4.69, 9.17) is 23.5 Å². The fourth-order valence-electron chi connectivity index (χ4n) is 4.42. The van der Waals surface area contributed by atoms with Gasteiger partial charge in [-0.15, -0.1) is 0 Å². The molecule has 11 nitrogen and oxygen atoms in total. The number of methoxy groups -OCH3 is 2. The first kappa shape index (κ1) is 30.9. The Hall–Kier alpha value is -4.02. The number of carbonyl (C=O) groups is 1. The first-order valence-corrected chi connectivity index (χ1v) is 14.6. The van der Waals surface area contributed by atoms with Crippen LogP contribution in [-0.2, 0) is 18.4 Å². The first-order valence-electron chi connectivity index (χ1n) is 13.1. The van der Waals surface area contributed by atoms with Crippen LogP contribution in [0.5, 0.6) is 11.6 Å². The lowest BCUT2D eigenvalue weighted by Gasteiger charge is -2.25. The summed E-state index contributed by atoms with van der Waals surface area (Å²) in [6, 6.07) is 11.0. The number of carbonyl (C=O) groups excluding carboxylic acids is 1. The van der Waals surface area contributed by atoms with Gasteiger partial charge in [-0.1, -0.05) is 6.58 Å². The number of amides is 1. The number of phosphoric ester groups is 1. The van der Waals surface area contributed by atoms with Crippen LogP contribution in [0.1, 0.15) is 33.9 Å². The average molecular weight is 595 g/mol. The SMILES string of the molecule is C=CC(=O)N(C)c1cc(OC)cc(-c2cnc3c(c2)c(-c2ccnc(OC)c2)cn3C(C)OP(=O)(O)OC(C)(C)C)c1. The number of phosphoric acid groups is 1. The van der Waals surface area contributed by atoms with Crippen molar-refractivity contribution < 1.29 is 32.8 Å². The molecule has 3 aromatic heterocycles. The zero-order valence-corrected chi connectivity index (χ0v) is 25.6. The molecule has 4 aromatic rings. The Morgan fingerprint density at radius 1 is 1.10 bits per heavy atom. The minimum Gasteiger partial charge on any atom is -0.497 e. The lowest BCUT2D eigenvalue weighted by Crippen LogP contribution is -2.23. The summed E-state index contributed by atoms with van der Waals surface area (Å²) in [5, 5.41) is 0.737. The number of hydrogen-bond donors (Lipinski definition) is 1. The van der Waals surface area contributed by atoms with E-state index in [9.17, 15) is 14.3 Å². The van der Waals surface area contributed by atoms with Gasteiger partial charge in [0.25, 0.3) is 0 Å². The standard InChI is InChI=1S/C30H35N4O7P/c1-9-28(35)33(6)23-12-21(13-24(16-23)38-7)22-14-25-26(20-10-11-31-27(15-20)39-8)18-34(29(25)32-17-22)19(2)40-42(36,37)41-30(3,4)5/h9-19H,1H2,2-8H3,(H,36,37). The maximum atomic E-state index is 12.8. The molecule has 2 atom stereocenters. The second kappa shape index (κ2) is 12.1. The molecule has 12 heteroatoms. The smallest absolute Gasteiger partial charge is 0.474 e. The van der Waals surface area contributed by atoms with Crippen molar-refractivity contribution in [1.82, 2.24) is 14.5 Å². The molecule has 2 unspecified atom stereocenters. The Labute approximate surface area is 244 Å². The molecule has 0 aliphatic carbocycles. The third kappa shape index (κ3) is 6.88. The highest BCUT2D eigenvalue weighted by atomic mass is 31.2. The van der Waals surface area contributed by atoms with E-state index in [1.165, 1.54) is 18.1 Å². The van der Waals surface area contributed by atoms with Crippen molar-refractivity contribution in [1.29, 1.82) is 0 Å². The van der Waals surface area contributed by atoms with Crippen molar-refractivity contribution in [3.8, 4) is 33.9 Å². The van der Waals surface area contributed by atoms with Gasteiger partial charge in [-0.25, -0.2) is 14.5 Å². The third-order valence-corrected chi connectivity index (χ3v) is 7.69. The zero-order chi connectivity index (χ0) is 30.8. The van der Waals surface area contributed by atoms with Gasteiger partial charge in [0, 0.05) is 60.0 Å². The van der Waals surface area contributed by atoms with Crippen LogP contribution in [0.4, 0.5) is 5.69 Å². The lowest BCUT2D eigenvalue weighted by molar-refractivity contribution is -0.113. The quantitative estimate of drug-likeness (QED) is 0.164. The normalized spacial score (nSPS) is 13.8. The molecule has 1 aromatic carbocycles. The van der Waals surface area contributed by atoms with Crippen LogP contribution in [0.15, 0.2) is 67.6 Å². The molecular weight excluding hydrogens is 559 g/mol. The molecule has 1 amide bonds. The number of likely N-dealkylation sites (N-methyl/N-ethyl adjacent to an activating group) is 1. The molecule has 4 rings (SSSR count). The predicted molar refractivity (Wildman–Crippen MR) is 162 cm³/mol. The minimum atomic E-state index is -4.41. The van der Waals surface area contributed by atoms with Crippen LogP contribution in [-0.4, -0.2) is 52.2 Å². The molecule has 1 N–H and O–H groups in total. The molecule has 3 heterocycles. The molecule has 0 radical (unpaired) electrons. The fraction of sp³-hybridized carbons (Fsp3) is 0.300. The number of benzene rings is 1. The van der Waals surface area contributed by atoms with Crippen molar-refractivity contribution in [2.24, 2.45) is 0 Å². The van der Waals surface area contributed by atoms with E-state index in [1.807, 2.05) is 24.3 Å². The summed E-state index contributed by atoms with van der Waals surface area (Å²) >= 11 is 0. The maximum absolute atomic E-state index is 12.8. The number of aromatic nitrogens is 3. The van der Waals surface area contributed by atoms with E-state index in [-0.39, 0.29) is 5.91 Å². The summed E-state index contributed by atoms with van der Waals surface area (Å²) in [6.45, 7) is 10.2. The van der Waals surface area contributed by atoms with Crippen molar-refractivity contribution in [2.75, 3.05) is 26.2 Å². The average Bonchev–Trinajstić information content (AvgIpc) is 3.33. The summed E-state index contributed by atoms with van der Waals surface area (Å²) in [5.74, 6) is 0.717. The Morgan fingerprint density at radius 3 is 2.48 bits per heavy atom. The Kier molecular flexibility index (Phi) is 8.89. The van der Waals surface area contributed by atoms with Gasteiger partial charge in [-0.05, 0) is 69.2 Å². The van der Waals surface area contributed by atoms with Gasteiger partial charge < -0.3 is 23.8 Å². The van der Waals surface area contributed by atoms with E-state index < -0.39 is 19.7 Å². The van der Waals surface area contributed by atoms with Gasteiger partial charge in [0.2, 0.25) is 11.8 Å². The van der Waals surface area contributed by atoms with E-state index in [0.717, 1.165) is 27.6 Å². The molecule has 0 fully saturated rings. The van der Waals surface area contributed by atoms with E-state index in [2.05, 4.69) is 11.6 Å². The molecule has 0 aliphatic heterocycles. The summed E-state index contributed by atoms with van der Waals surface area (Å²) in [4.78, 5) is 33.2. The van der Waals surface area contributed by atoms with Crippen molar-refractivity contribution >= 4 is 30.5 Å². The number of ether oxygens (including phenoxy) is 2. The number of rotatable bonds is 10. The molecule has 0 aliphatic rings. The summed E-state index contributed by atoms with van der Waals surface area (Å²) in [5.41, 5.74) is 3.30. The number of fused-ring (bicyclic) bond motifs is 1. The Balaban J connectivity index is 1.88. The highest BCUT2D eigenvalue weighted by Gasteiger charge is 2.32. The number of hydrogen-bond acceptors (Lipinski definition) is 8. The second-order valence-corrected chi connectivity index (χ2v) is 11.9. The second-order valence-electron chi connectivity index (χ2n) is 10.5. The molecule has 42 heavy (non-hydrogen) atoms. The largest absolute Gasteiger partial charge is 0.497 e. The van der Waals surface area contributed by atoms with Gasteiger partial charge in [0.05, 0.1) is 19.8 Å². The molecule has 0 bridgehead atoms. The van der Waals surface area contributed by atoms with E-state index in [1.54, 1.807) is 77.1 Å². The van der Waals surface area contributed by atoms with Gasteiger partial charge in [0.15, 0.2) is 0 Å². The Morgan fingerprint density at radius 2 is 1.83 bits per heavy atom. The number of nitrogens with zero attached hydrogens (tertiary/aromatic N) is 4. The highest BCUT2D eigenvalue weighted by Crippen LogP contribution is 2.50. The van der Waals surface area contributed by atoms with Crippen LogP contribution < -0.4 is 14.4 Å². The van der Waals surface area contributed by atoms with Gasteiger partial charge in [-0.2, -0.15) is 0 Å². The van der Waals surface area contributed by atoms with Crippen LogP contribution in [0, 0.1) is 0 Å². The monoisotopic (exact) mass is 594 g/mol. The van der Waals surface area contributed by atoms with E-state index in [0.29, 0.717) is 23.0 Å². The highest BCUT2D eigenvalue weighted by molar-refractivity contribution is 7.47. The van der Waals surface area contributed by atoms with Crippen molar-refractivity contribution in [3.63, 3.8) is 0 Å². The van der Waals surface area contributed by atoms with Crippen LogP contribution in [0.2, 0.25) is 0 Å². The van der Waals surface area contributed by atoms with Crippen LogP contribution in [0.3, 0.4) is 0 Å². The molecule has 222 valence electrons. The zero-order valence-electron chi connectivity index (χ0n) is 24.7. The molecule has 0 saturated carbocycles. The van der Waals surface area contributed by atoms with Gasteiger partial charge in [-0.3, -0.25) is 13.8 Å². The van der Waals surface area contributed by atoms with Gasteiger partial charge in [0.1, 0.15) is 17.6 Å². The van der Waals surface area contributed by atoms with Crippen molar-refractivity contribution in [2.45, 2.75) is 39.5 Å². The summed E-state index contributed by atoms with van der Waals surface area (Å²) < 4.78 is 36.1. The molecular formula is C30H35N4O7P. The predicted octanol–water partition coefficient (Wildman–Crippen LogP) is 6.38. The summed E-state index contributed by atoms with van der Waals surface area (Å²) in [7, 11) is 0.333. The lowest BCUT2D eigenvalue weighted by atomic mass is 10.0. The van der Waals surface area contributed by atoms with Crippen LogP contribution >= 0.6 is 7.82 Å². The number of anilines is 1. The van der Waals surface area contributed by atoms with E-state index >= 15 is 0 Å². The fourth-order valence-corrected chi connectivity index (χ4v) is 5.64. The first-order chi connectivity index (χ1) is 19.7. The molecule has 0 spiro atoms. The van der Waals surface area contributed by atoms with Gasteiger partial charge >= 0.3 is 7.82 Å².